The first-order chi connectivity index (χ1) is 9.20. The van der Waals surface area contributed by atoms with Crippen LogP contribution in [0.3, 0.4) is 0 Å². The van der Waals surface area contributed by atoms with Gasteiger partial charge in [-0.25, -0.2) is 9.78 Å². The first-order valence-electron chi connectivity index (χ1n) is 5.77. The van der Waals surface area contributed by atoms with E-state index in [1.165, 1.54) is 6.92 Å². The van der Waals surface area contributed by atoms with Crippen LogP contribution in [0.25, 0.3) is 0 Å². The van der Waals surface area contributed by atoms with Gasteiger partial charge in [-0.05, 0) is 13.3 Å². The van der Waals surface area contributed by atoms with Crippen molar-refractivity contribution in [1.29, 1.82) is 0 Å². The summed E-state index contributed by atoms with van der Waals surface area (Å²) in [6.45, 7) is 1.46. The number of aromatic carboxylic acids is 1. The molecule has 1 aliphatic heterocycles. The Morgan fingerprint density at radius 2 is 2.10 bits per heavy atom. The Morgan fingerprint density at radius 1 is 1.45 bits per heavy atom. The molecular weight excluding hydrogens is 297 g/mol. The lowest BCUT2D eigenvalue weighted by Crippen LogP contribution is -2.39. The third kappa shape index (κ3) is 2.77. The molecule has 1 unspecified atom stereocenters. The van der Waals surface area contributed by atoms with E-state index in [-0.39, 0.29) is 23.9 Å². The van der Waals surface area contributed by atoms with Crippen molar-refractivity contribution in [3.05, 3.63) is 15.6 Å². The van der Waals surface area contributed by atoms with Gasteiger partial charge >= 0.3 is 18.1 Å². The second-order valence-electron chi connectivity index (χ2n) is 4.51. The Morgan fingerprint density at radius 3 is 2.60 bits per heavy atom. The summed E-state index contributed by atoms with van der Waals surface area (Å²) in [5, 5.41) is 9.40. The number of nitrogens with zero attached hydrogens (tertiary/aromatic N) is 2. The third-order valence-corrected chi connectivity index (χ3v) is 4.38. The fourth-order valence-corrected chi connectivity index (χ4v) is 3.15. The zero-order chi connectivity index (χ0) is 15.1. The monoisotopic (exact) mass is 308 g/mol. The standard InChI is InChI=1S/C11H11F3N2O3S/c1-5-7(9(17)18)20-8(15-5)6-2-3-16(4-6)10(19)11(12,13)14/h6H,2-4H2,1H3,(H,17,18). The molecule has 0 radical (unpaired) electrons. The molecule has 2 heterocycles. The second-order valence-corrected chi connectivity index (χ2v) is 5.54. The lowest BCUT2D eigenvalue weighted by Gasteiger charge is -2.17. The van der Waals surface area contributed by atoms with Crippen LogP contribution >= 0.6 is 11.3 Å². The summed E-state index contributed by atoms with van der Waals surface area (Å²) in [5.41, 5.74) is 0.345. The molecule has 0 saturated carbocycles. The highest BCUT2D eigenvalue weighted by Gasteiger charge is 2.45. The molecule has 1 saturated heterocycles. The highest BCUT2D eigenvalue weighted by Crippen LogP contribution is 2.33. The van der Waals surface area contributed by atoms with Gasteiger partial charge in [0.1, 0.15) is 4.88 Å². The SMILES string of the molecule is Cc1nc(C2CCN(C(=O)C(F)(F)F)C2)sc1C(=O)O. The summed E-state index contributed by atoms with van der Waals surface area (Å²) in [5.74, 6) is -3.29. The second kappa shape index (κ2) is 5.04. The van der Waals surface area contributed by atoms with Crippen LogP contribution in [-0.4, -0.2) is 46.1 Å². The number of hydrogen-bond donors (Lipinski definition) is 1. The summed E-state index contributed by atoms with van der Waals surface area (Å²) in [7, 11) is 0. The van der Waals surface area contributed by atoms with Gasteiger partial charge in [0.2, 0.25) is 0 Å². The molecule has 20 heavy (non-hydrogen) atoms. The maximum absolute atomic E-state index is 12.3. The van der Waals surface area contributed by atoms with Crippen LogP contribution in [-0.2, 0) is 4.79 Å². The molecule has 1 amide bonds. The quantitative estimate of drug-likeness (QED) is 0.907. The number of alkyl halides is 3. The number of carboxylic acids is 1. The van der Waals surface area contributed by atoms with Crippen LogP contribution in [0.4, 0.5) is 13.2 Å². The van der Waals surface area contributed by atoms with Crippen molar-refractivity contribution in [1.82, 2.24) is 9.88 Å². The van der Waals surface area contributed by atoms with Gasteiger partial charge in [-0.2, -0.15) is 13.2 Å². The number of amides is 1. The minimum Gasteiger partial charge on any atom is -0.477 e. The lowest BCUT2D eigenvalue weighted by atomic mass is 10.1. The zero-order valence-corrected chi connectivity index (χ0v) is 11.2. The van der Waals surface area contributed by atoms with Crippen molar-refractivity contribution in [2.75, 3.05) is 13.1 Å². The first kappa shape index (κ1) is 14.8. The topological polar surface area (TPSA) is 70.5 Å². The van der Waals surface area contributed by atoms with E-state index in [0.29, 0.717) is 17.1 Å². The van der Waals surface area contributed by atoms with Gasteiger partial charge in [0, 0.05) is 19.0 Å². The molecule has 1 aromatic rings. The molecule has 1 aromatic heterocycles. The molecule has 0 aliphatic carbocycles. The van der Waals surface area contributed by atoms with E-state index in [4.69, 9.17) is 5.11 Å². The van der Waals surface area contributed by atoms with Gasteiger partial charge < -0.3 is 10.0 Å². The molecule has 1 fully saturated rings. The summed E-state index contributed by atoms with van der Waals surface area (Å²) >= 11 is 0.956. The number of carbonyl (C=O) groups excluding carboxylic acids is 1. The summed E-state index contributed by atoms with van der Waals surface area (Å²) in [6, 6.07) is 0. The van der Waals surface area contributed by atoms with E-state index in [1.54, 1.807) is 0 Å². The number of aryl methyl sites for hydroxylation is 1. The Labute approximate surface area is 116 Å². The number of aromatic nitrogens is 1. The Kier molecular flexibility index (Phi) is 3.72. The summed E-state index contributed by atoms with van der Waals surface area (Å²) in [6.07, 6.45) is -4.52. The number of thiazole rings is 1. The van der Waals surface area contributed by atoms with Crippen LogP contribution in [0, 0.1) is 6.92 Å². The fourth-order valence-electron chi connectivity index (χ4n) is 2.12. The fraction of sp³-hybridized carbons (Fsp3) is 0.545. The predicted molar refractivity (Wildman–Crippen MR) is 63.8 cm³/mol. The van der Waals surface area contributed by atoms with Crippen LogP contribution < -0.4 is 0 Å². The Balaban J connectivity index is 2.12. The van der Waals surface area contributed by atoms with Gasteiger partial charge in [0.15, 0.2) is 0 Å². The van der Waals surface area contributed by atoms with Crippen molar-refractivity contribution in [2.45, 2.75) is 25.4 Å². The van der Waals surface area contributed by atoms with E-state index in [9.17, 15) is 22.8 Å². The highest BCUT2D eigenvalue weighted by atomic mass is 32.1. The molecular formula is C11H11F3N2O3S. The van der Waals surface area contributed by atoms with E-state index < -0.39 is 18.1 Å². The highest BCUT2D eigenvalue weighted by molar-refractivity contribution is 7.13. The lowest BCUT2D eigenvalue weighted by molar-refractivity contribution is -0.184. The first-order valence-corrected chi connectivity index (χ1v) is 6.58. The maximum atomic E-state index is 12.3. The molecule has 0 aromatic carbocycles. The summed E-state index contributed by atoms with van der Waals surface area (Å²) in [4.78, 5) is 26.9. The van der Waals surface area contributed by atoms with Crippen molar-refractivity contribution in [3.8, 4) is 0 Å². The Hall–Kier alpha value is -1.64. The zero-order valence-electron chi connectivity index (χ0n) is 10.4. The smallest absolute Gasteiger partial charge is 0.471 e. The van der Waals surface area contributed by atoms with Gasteiger partial charge in [-0.1, -0.05) is 0 Å². The maximum Gasteiger partial charge on any atom is 0.471 e. The van der Waals surface area contributed by atoms with E-state index in [0.717, 1.165) is 16.2 Å². The largest absolute Gasteiger partial charge is 0.477 e. The number of carbonyl (C=O) groups is 2. The average Bonchev–Trinajstić information content (AvgIpc) is 2.92. The van der Waals surface area contributed by atoms with Crippen LogP contribution in [0.5, 0.6) is 0 Å². The van der Waals surface area contributed by atoms with Crippen LogP contribution in [0.1, 0.15) is 32.7 Å². The number of halogens is 3. The molecule has 9 heteroatoms. The molecule has 0 bridgehead atoms. The van der Waals surface area contributed by atoms with Crippen molar-refractivity contribution < 1.29 is 27.9 Å². The molecule has 110 valence electrons. The van der Waals surface area contributed by atoms with Crippen LogP contribution in [0.15, 0.2) is 0 Å². The molecule has 1 aliphatic rings. The van der Waals surface area contributed by atoms with Gasteiger partial charge in [0.05, 0.1) is 10.7 Å². The number of hydrogen-bond acceptors (Lipinski definition) is 4. The minimum absolute atomic E-state index is 0.00401. The van der Waals surface area contributed by atoms with Crippen molar-refractivity contribution >= 4 is 23.2 Å². The minimum atomic E-state index is -4.88. The van der Waals surface area contributed by atoms with Crippen LogP contribution in [0.2, 0.25) is 0 Å². The molecule has 5 nitrogen and oxygen atoms in total. The number of carboxylic acid groups (broad SMARTS) is 1. The van der Waals surface area contributed by atoms with Gasteiger partial charge in [0.25, 0.3) is 0 Å². The molecule has 1 atom stereocenters. The molecule has 2 rings (SSSR count). The van der Waals surface area contributed by atoms with Crippen molar-refractivity contribution in [2.24, 2.45) is 0 Å². The molecule has 1 N–H and O–H groups in total. The van der Waals surface area contributed by atoms with E-state index in [2.05, 4.69) is 4.98 Å². The number of likely N-dealkylation sites (tertiary alicyclic amines) is 1. The number of rotatable bonds is 2. The Bertz CT molecular complexity index is 556. The third-order valence-electron chi connectivity index (χ3n) is 3.07. The van der Waals surface area contributed by atoms with Crippen molar-refractivity contribution in [3.63, 3.8) is 0 Å². The predicted octanol–water partition coefficient (Wildman–Crippen LogP) is 2.03. The average molecular weight is 308 g/mol. The van der Waals surface area contributed by atoms with Gasteiger partial charge in [-0.15, -0.1) is 11.3 Å². The van der Waals surface area contributed by atoms with Gasteiger partial charge in [-0.3, -0.25) is 4.79 Å². The van der Waals surface area contributed by atoms with E-state index >= 15 is 0 Å². The summed E-state index contributed by atoms with van der Waals surface area (Å²) < 4.78 is 37.0. The normalized spacial score (nSPS) is 19.4. The molecule has 0 spiro atoms. The van der Waals surface area contributed by atoms with E-state index in [1.807, 2.05) is 0 Å².